The summed E-state index contributed by atoms with van der Waals surface area (Å²) in [6, 6.07) is 0. The molecule has 13 heavy (non-hydrogen) atoms. The molecule has 1 fully saturated rings. The number of rotatable bonds is 4. The van der Waals surface area contributed by atoms with Crippen molar-refractivity contribution in [3.8, 4) is 0 Å². The van der Waals surface area contributed by atoms with Crippen LogP contribution in [0.2, 0.25) is 0 Å². The van der Waals surface area contributed by atoms with Gasteiger partial charge in [-0.15, -0.1) is 0 Å². The predicted molar refractivity (Wildman–Crippen MR) is 51.6 cm³/mol. The number of nitrogens with zero attached hydrogens (tertiary/aromatic N) is 1. The standard InChI is InChI=1S/C9H20N2O2/c1-9(10,8-12)2-3-11-4-6-13-7-5-11/h12H,2-8,10H2,1H3. The molecule has 0 spiro atoms. The van der Waals surface area contributed by atoms with E-state index in [9.17, 15) is 0 Å². The minimum Gasteiger partial charge on any atom is -0.394 e. The van der Waals surface area contributed by atoms with Crippen molar-refractivity contribution in [1.29, 1.82) is 0 Å². The molecule has 1 rings (SSSR count). The van der Waals surface area contributed by atoms with Crippen molar-refractivity contribution in [3.05, 3.63) is 0 Å². The van der Waals surface area contributed by atoms with Crippen LogP contribution in [0, 0.1) is 0 Å². The van der Waals surface area contributed by atoms with E-state index in [4.69, 9.17) is 15.6 Å². The Kier molecular flexibility index (Phi) is 4.12. The van der Waals surface area contributed by atoms with Crippen LogP contribution in [0.5, 0.6) is 0 Å². The molecule has 0 aliphatic carbocycles. The second-order valence-corrected chi connectivity index (χ2v) is 4.02. The third-order valence-electron chi connectivity index (χ3n) is 2.46. The zero-order valence-corrected chi connectivity index (χ0v) is 8.33. The molecule has 0 aromatic carbocycles. The smallest absolute Gasteiger partial charge is 0.0608 e. The third-order valence-corrected chi connectivity index (χ3v) is 2.46. The van der Waals surface area contributed by atoms with E-state index in [0.717, 1.165) is 39.3 Å². The van der Waals surface area contributed by atoms with Gasteiger partial charge in [-0.1, -0.05) is 0 Å². The Balaban J connectivity index is 2.17. The highest BCUT2D eigenvalue weighted by molar-refractivity contribution is 4.79. The molecule has 1 atom stereocenters. The molecule has 0 aromatic heterocycles. The molecule has 1 aliphatic rings. The molecule has 0 bridgehead atoms. The van der Waals surface area contributed by atoms with Gasteiger partial charge in [0.1, 0.15) is 0 Å². The largest absolute Gasteiger partial charge is 0.394 e. The molecule has 0 radical (unpaired) electrons. The lowest BCUT2D eigenvalue weighted by molar-refractivity contribution is 0.0331. The molecule has 1 unspecified atom stereocenters. The van der Waals surface area contributed by atoms with Crippen LogP contribution in [0.25, 0.3) is 0 Å². The molecule has 0 amide bonds. The van der Waals surface area contributed by atoms with Gasteiger partial charge in [0.05, 0.1) is 19.8 Å². The molecule has 78 valence electrons. The number of morpholine rings is 1. The van der Waals surface area contributed by atoms with Crippen LogP contribution in [-0.2, 0) is 4.74 Å². The summed E-state index contributed by atoms with van der Waals surface area (Å²) < 4.78 is 5.24. The first-order chi connectivity index (χ1) is 6.14. The van der Waals surface area contributed by atoms with Gasteiger partial charge < -0.3 is 15.6 Å². The molecular formula is C9H20N2O2. The van der Waals surface area contributed by atoms with E-state index in [1.54, 1.807) is 0 Å². The van der Waals surface area contributed by atoms with Crippen LogP contribution in [0.4, 0.5) is 0 Å². The fourth-order valence-electron chi connectivity index (χ4n) is 1.32. The zero-order valence-electron chi connectivity index (χ0n) is 8.33. The van der Waals surface area contributed by atoms with Crippen molar-refractivity contribution in [2.24, 2.45) is 5.73 Å². The summed E-state index contributed by atoms with van der Waals surface area (Å²) in [5, 5.41) is 8.96. The van der Waals surface area contributed by atoms with E-state index >= 15 is 0 Å². The SMILES string of the molecule is CC(N)(CO)CCN1CCOCC1. The Morgan fingerprint density at radius 1 is 1.46 bits per heavy atom. The van der Waals surface area contributed by atoms with Gasteiger partial charge in [-0.3, -0.25) is 4.90 Å². The number of hydrogen-bond donors (Lipinski definition) is 2. The Hall–Kier alpha value is -0.160. The van der Waals surface area contributed by atoms with Crippen molar-refractivity contribution >= 4 is 0 Å². The van der Waals surface area contributed by atoms with Gasteiger partial charge in [0.15, 0.2) is 0 Å². The maximum Gasteiger partial charge on any atom is 0.0608 e. The lowest BCUT2D eigenvalue weighted by Gasteiger charge is -2.30. The van der Waals surface area contributed by atoms with E-state index in [1.807, 2.05) is 6.92 Å². The average molecular weight is 188 g/mol. The number of hydrogen-bond acceptors (Lipinski definition) is 4. The fourth-order valence-corrected chi connectivity index (χ4v) is 1.32. The molecule has 1 aliphatic heterocycles. The molecule has 1 heterocycles. The second kappa shape index (κ2) is 4.91. The lowest BCUT2D eigenvalue weighted by Crippen LogP contribution is -2.45. The van der Waals surface area contributed by atoms with Gasteiger partial charge in [-0.05, 0) is 13.3 Å². The Bertz CT molecular complexity index is 145. The van der Waals surface area contributed by atoms with Crippen molar-refractivity contribution in [2.75, 3.05) is 39.5 Å². The van der Waals surface area contributed by atoms with Gasteiger partial charge in [0.25, 0.3) is 0 Å². The topological polar surface area (TPSA) is 58.7 Å². The Morgan fingerprint density at radius 2 is 2.08 bits per heavy atom. The molecule has 0 saturated carbocycles. The zero-order chi connectivity index (χ0) is 9.73. The third kappa shape index (κ3) is 4.04. The minimum atomic E-state index is -0.432. The predicted octanol–water partition coefficient (Wildman–Crippen LogP) is -0.582. The number of aliphatic hydroxyl groups excluding tert-OH is 1. The van der Waals surface area contributed by atoms with Crippen LogP contribution < -0.4 is 5.73 Å². The van der Waals surface area contributed by atoms with E-state index in [1.165, 1.54) is 0 Å². The average Bonchev–Trinajstić information content (AvgIpc) is 2.17. The van der Waals surface area contributed by atoms with E-state index < -0.39 is 5.54 Å². The Morgan fingerprint density at radius 3 is 2.62 bits per heavy atom. The van der Waals surface area contributed by atoms with Crippen molar-refractivity contribution < 1.29 is 9.84 Å². The van der Waals surface area contributed by atoms with Crippen LogP contribution in [-0.4, -0.2) is 55.0 Å². The summed E-state index contributed by atoms with van der Waals surface area (Å²) in [5.41, 5.74) is 5.39. The van der Waals surface area contributed by atoms with Gasteiger partial charge in [0, 0.05) is 25.2 Å². The first kappa shape index (κ1) is 10.9. The highest BCUT2D eigenvalue weighted by atomic mass is 16.5. The summed E-state index contributed by atoms with van der Waals surface area (Å²) in [4.78, 5) is 2.32. The Labute approximate surface area is 79.7 Å². The number of ether oxygens (including phenoxy) is 1. The molecule has 0 aromatic rings. The van der Waals surface area contributed by atoms with E-state index in [2.05, 4.69) is 4.90 Å². The van der Waals surface area contributed by atoms with Crippen molar-refractivity contribution in [2.45, 2.75) is 18.9 Å². The number of aliphatic hydroxyl groups is 1. The van der Waals surface area contributed by atoms with Crippen LogP contribution in [0.1, 0.15) is 13.3 Å². The first-order valence-electron chi connectivity index (χ1n) is 4.84. The maximum absolute atomic E-state index is 8.96. The highest BCUT2D eigenvalue weighted by Crippen LogP contribution is 2.07. The summed E-state index contributed by atoms with van der Waals surface area (Å²) in [6.07, 6.45) is 0.837. The maximum atomic E-state index is 8.96. The molecule has 3 N–H and O–H groups in total. The van der Waals surface area contributed by atoms with Gasteiger partial charge in [-0.2, -0.15) is 0 Å². The van der Waals surface area contributed by atoms with Crippen LogP contribution >= 0.6 is 0 Å². The van der Waals surface area contributed by atoms with Crippen LogP contribution in [0.15, 0.2) is 0 Å². The quantitative estimate of drug-likeness (QED) is 0.619. The van der Waals surface area contributed by atoms with Gasteiger partial charge >= 0.3 is 0 Å². The summed E-state index contributed by atoms with van der Waals surface area (Å²) in [7, 11) is 0. The molecule has 4 nitrogen and oxygen atoms in total. The number of nitrogens with two attached hydrogens (primary N) is 1. The second-order valence-electron chi connectivity index (χ2n) is 4.02. The highest BCUT2D eigenvalue weighted by Gasteiger charge is 2.19. The molecule has 4 heteroatoms. The van der Waals surface area contributed by atoms with Crippen molar-refractivity contribution in [1.82, 2.24) is 4.90 Å². The lowest BCUT2D eigenvalue weighted by atomic mass is 10.0. The molecular weight excluding hydrogens is 168 g/mol. The van der Waals surface area contributed by atoms with Crippen LogP contribution in [0.3, 0.4) is 0 Å². The summed E-state index contributed by atoms with van der Waals surface area (Å²) >= 11 is 0. The summed E-state index contributed by atoms with van der Waals surface area (Å²) in [5.74, 6) is 0. The molecule has 1 saturated heterocycles. The van der Waals surface area contributed by atoms with Gasteiger partial charge in [0.2, 0.25) is 0 Å². The normalized spacial score (nSPS) is 24.2. The van der Waals surface area contributed by atoms with E-state index in [-0.39, 0.29) is 6.61 Å². The first-order valence-corrected chi connectivity index (χ1v) is 4.84. The van der Waals surface area contributed by atoms with Gasteiger partial charge in [-0.25, -0.2) is 0 Å². The summed E-state index contributed by atoms with van der Waals surface area (Å²) in [6.45, 7) is 6.51. The monoisotopic (exact) mass is 188 g/mol. The van der Waals surface area contributed by atoms with E-state index in [0.29, 0.717) is 0 Å². The minimum absolute atomic E-state index is 0.0529. The van der Waals surface area contributed by atoms with Crippen molar-refractivity contribution in [3.63, 3.8) is 0 Å². The fraction of sp³-hybridized carbons (Fsp3) is 1.00.